The average molecular weight is 279 g/mol. The van der Waals surface area contributed by atoms with Gasteiger partial charge in [0.25, 0.3) is 0 Å². The van der Waals surface area contributed by atoms with Gasteiger partial charge in [0.05, 0.1) is 22.5 Å². The summed E-state index contributed by atoms with van der Waals surface area (Å²) in [4.78, 5) is 26.0. The molecule has 5 heteroatoms. The molecule has 2 unspecified atom stereocenters. The molecule has 1 heterocycles. The maximum atomic E-state index is 12.4. The Morgan fingerprint density at radius 2 is 1.79 bits per heavy atom. The molecule has 0 bridgehead atoms. The molecule has 2 fully saturated rings. The third-order valence-electron chi connectivity index (χ3n) is 4.09. The van der Waals surface area contributed by atoms with Crippen LogP contribution in [0.3, 0.4) is 0 Å². The van der Waals surface area contributed by atoms with E-state index in [1.165, 1.54) is 4.90 Å². The lowest BCUT2D eigenvalue weighted by atomic mass is 10.00. The Bertz CT molecular complexity index is 549. The molecule has 1 aromatic carbocycles. The molecule has 100 valence electrons. The van der Waals surface area contributed by atoms with Gasteiger partial charge in [-0.1, -0.05) is 18.5 Å². The largest absolute Gasteiger partial charge is 0.399 e. The van der Waals surface area contributed by atoms with Gasteiger partial charge in [0.15, 0.2) is 0 Å². The van der Waals surface area contributed by atoms with Gasteiger partial charge in [-0.05, 0) is 37.0 Å². The molecule has 2 aliphatic rings. The number of benzene rings is 1. The first-order valence-electron chi connectivity index (χ1n) is 6.42. The first-order chi connectivity index (χ1) is 8.99. The van der Waals surface area contributed by atoms with E-state index in [0.29, 0.717) is 22.3 Å². The summed E-state index contributed by atoms with van der Waals surface area (Å²) in [5, 5.41) is 0.342. The number of nitrogens with zero attached hydrogens (tertiary/aromatic N) is 1. The summed E-state index contributed by atoms with van der Waals surface area (Å²) in [5.74, 6) is -0.142. The van der Waals surface area contributed by atoms with Crippen molar-refractivity contribution in [1.29, 1.82) is 0 Å². The van der Waals surface area contributed by atoms with Crippen molar-refractivity contribution in [1.82, 2.24) is 0 Å². The minimum Gasteiger partial charge on any atom is -0.399 e. The van der Waals surface area contributed by atoms with Gasteiger partial charge < -0.3 is 5.73 Å². The average Bonchev–Trinajstić information content (AvgIpc) is 2.82. The van der Waals surface area contributed by atoms with Gasteiger partial charge in [-0.25, -0.2) is 4.90 Å². The standard InChI is InChI=1S/C14H15ClN2O2/c1-7-4-9-10(5-7)14(19)17(13(9)18)12-3-2-8(16)6-11(12)15/h2-3,6-7,9-10H,4-5,16H2,1H3. The first kappa shape index (κ1) is 12.5. The molecule has 19 heavy (non-hydrogen) atoms. The monoisotopic (exact) mass is 278 g/mol. The van der Waals surface area contributed by atoms with E-state index >= 15 is 0 Å². The molecule has 2 amide bonds. The van der Waals surface area contributed by atoms with Crippen molar-refractivity contribution in [2.75, 3.05) is 10.6 Å². The predicted molar refractivity (Wildman–Crippen MR) is 73.7 cm³/mol. The van der Waals surface area contributed by atoms with Crippen molar-refractivity contribution in [3.05, 3.63) is 23.2 Å². The first-order valence-corrected chi connectivity index (χ1v) is 6.79. The van der Waals surface area contributed by atoms with E-state index in [1.807, 2.05) is 0 Å². The number of anilines is 2. The molecule has 2 atom stereocenters. The van der Waals surface area contributed by atoms with Gasteiger partial charge in [-0.3, -0.25) is 9.59 Å². The molecular weight excluding hydrogens is 264 g/mol. The zero-order valence-electron chi connectivity index (χ0n) is 10.6. The van der Waals surface area contributed by atoms with Gasteiger partial charge in [-0.2, -0.15) is 0 Å². The van der Waals surface area contributed by atoms with E-state index in [0.717, 1.165) is 12.8 Å². The smallest absolute Gasteiger partial charge is 0.237 e. The summed E-state index contributed by atoms with van der Waals surface area (Å²) in [6, 6.07) is 4.85. The second-order valence-electron chi connectivity index (χ2n) is 5.51. The number of rotatable bonds is 1. The molecule has 0 aromatic heterocycles. The predicted octanol–water partition coefficient (Wildman–Crippen LogP) is 2.46. The number of carbonyl (C=O) groups excluding carboxylic acids is 2. The summed E-state index contributed by atoms with van der Waals surface area (Å²) in [7, 11) is 0. The minimum atomic E-state index is -0.170. The highest BCUT2D eigenvalue weighted by Crippen LogP contribution is 2.45. The minimum absolute atomic E-state index is 0.119. The Morgan fingerprint density at radius 3 is 2.32 bits per heavy atom. The second kappa shape index (κ2) is 4.23. The van der Waals surface area contributed by atoms with Crippen LogP contribution < -0.4 is 10.6 Å². The van der Waals surface area contributed by atoms with Crippen LogP contribution in [0.25, 0.3) is 0 Å². The number of nitrogens with two attached hydrogens (primary N) is 1. The number of imide groups is 1. The fourth-order valence-electron chi connectivity index (χ4n) is 3.22. The third kappa shape index (κ3) is 1.82. The number of halogens is 1. The number of fused-ring (bicyclic) bond motifs is 1. The summed E-state index contributed by atoms with van der Waals surface area (Å²) in [6.07, 6.45) is 1.58. The fraction of sp³-hybridized carbons (Fsp3) is 0.429. The van der Waals surface area contributed by atoms with Crippen molar-refractivity contribution in [3.8, 4) is 0 Å². The van der Waals surface area contributed by atoms with Crippen LogP contribution in [0.2, 0.25) is 5.02 Å². The summed E-state index contributed by atoms with van der Waals surface area (Å²) >= 11 is 6.10. The lowest BCUT2D eigenvalue weighted by molar-refractivity contribution is -0.123. The van der Waals surface area contributed by atoms with E-state index < -0.39 is 0 Å². The van der Waals surface area contributed by atoms with Crippen LogP contribution in [0.5, 0.6) is 0 Å². The van der Waals surface area contributed by atoms with Crippen LogP contribution >= 0.6 is 11.6 Å². The van der Waals surface area contributed by atoms with Gasteiger partial charge >= 0.3 is 0 Å². The molecule has 1 aliphatic heterocycles. The maximum Gasteiger partial charge on any atom is 0.237 e. The molecule has 1 aromatic rings. The maximum absolute atomic E-state index is 12.4. The quantitative estimate of drug-likeness (QED) is 0.634. The summed E-state index contributed by atoms with van der Waals surface area (Å²) < 4.78 is 0. The highest BCUT2D eigenvalue weighted by molar-refractivity contribution is 6.36. The molecule has 1 aliphatic carbocycles. The third-order valence-corrected chi connectivity index (χ3v) is 4.39. The zero-order valence-corrected chi connectivity index (χ0v) is 11.4. The second-order valence-corrected chi connectivity index (χ2v) is 5.92. The van der Waals surface area contributed by atoms with Crippen LogP contribution in [-0.2, 0) is 9.59 Å². The highest BCUT2D eigenvalue weighted by atomic mass is 35.5. The Kier molecular flexibility index (Phi) is 2.78. The molecule has 0 spiro atoms. The molecule has 0 radical (unpaired) electrons. The fourth-order valence-corrected chi connectivity index (χ4v) is 3.49. The van der Waals surface area contributed by atoms with E-state index in [1.54, 1.807) is 18.2 Å². The Morgan fingerprint density at radius 1 is 1.21 bits per heavy atom. The van der Waals surface area contributed by atoms with Gasteiger partial charge in [0.2, 0.25) is 11.8 Å². The van der Waals surface area contributed by atoms with Crippen LogP contribution in [-0.4, -0.2) is 11.8 Å². The number of carbonyl (C=O) groups is 2. The van der Waals surface area contributed by atoms with E-state index in [-0.39, 0.29) is 23.7 Å². The normalized spacial score (nSPS) is 30.0. The molecule has 4 nitrogen and oxygen atoms in total. The van der Waals surface area contributed by atoms with Gasteiger partial charge in [-0.15, -0.1) is 0 Å². The summed E-state index contributed by atoms with van der Waals surface area (Å²) in [5.41, 5.74) is 6.60. The molecular formula is C14H15ClN2O2. The van der Waals surface area contributed by atoms with Crippen LogP contribution in [0.1, 0.15) is 19.8 Å². The number of nitrogen functional groups attached to an aromatic ring is 1. The Hall–Kier alpha value is -1.55. The molecule has 2 N–H and O–H groups in total. The van der Waals surface area contributed by atoms with Crippen LogP contribution in [0, 0.1) is 17.8 Å². The van der Waals surface area contributed by atoms with Crippen molar-refractivity contribution in [3.63, 3.8) is 0 Å². The molecule has 3 rings (SSSR count). The molecule has 1 saturated heterocycles. The molecule has 1 saturated carbocycles. The van der Waals surface area contributed by atoms with Crippen molar-refractivity contribution >= 4 is 34.8 Å². The van der Waals surface area contributed by atoms with E-state index in [4.69, 9.17) is 17.3 Å². The lowest BCUT2D eigenvalue weighted by Crippen LogP contribution is -2.32. The van der Waals surface area contributed by atoms with E-state index in [9.17, 15) is 9.59 Å². The van der Waals surface area contributed by atoms with Crippen molar-refractivity contribution in [2.24, 2.45) is 17.8 Å². The highest BCUT2D eigenvalue weighted by Gasteiger charge is 2.52. The van der Waals surface area contributed by atoms with Gasteiger partial charge in [0, 0.05) is 5.69 Å². The lowest BCUT2D eigenvalue weighted by Gasteiger charge is -2.18. The number of hydrogen-bond donors (Lipinski definition) is 1. The van der Waals surface area contributed by atoms with E-state index in [2.05, 4.69) is 6.92 Å². The van der Waals surface area contributed by atoms with Crippen LogP contribution in [0.15, 0.2) is 18.2 Å². The number of amides is 2. The Labute approximate surface area is 116 Å². The Balaban J connectivity index is 1.99. The topological polar surface area (TPSA) is 63.4 Å². The number of hydrogen-bond acceptors (Lipinski definition) is 3. The van der Waals surface area contributed by atoms with Crippen molar-refractivity contribution < 1.29 is 9.59 Å². The van der Waals surface area contributed by atoms with Crippen LogP contribution in [0.4, 0.5) is 11.4 Å². The van der Waals surface area contributed by atoms with Crippen molar-refractivity contribution in [2.45, 2.75) is 19.8 Å². The SMILES string of the molecule is CC1CC2C(=O)N(c3ccc(N)cc3Cl)C(=O)C2C1. The van der Waals surface area contributed by atoms with Gasteiger partial charge in [0.1, 0.15) is 0 Å². The summed E-state index contributed by atoms with van der Waals surface area (Å²) in [6.45, 7) is 2.08. The zero-order chi connectivity index (χ0) is 13.7.